The zero-order valence-electron chi connectivity index (χ0n) is 11.8. The lowest BCUT2D eigenvalue weighted by molar-refractivity contribution is 0.0284. The third kappa shape index (κ3) is 3.57. The molecule has 1 rings (SSSR count). The minimum atomic E-state index is -1.57. The summed E-state index contributed by atoms with van der Waals surface area (Å²) < 4.78 is 11.8. The van der Waals surface area contributed by atoms with Crippen LogP contribution in [0.1, 0.15) is 46.5 Å². The van der Waals surface area contributed by atoms with Gasteiger partial charge in [-0.1, -0.05) is 20.8 Å². The summed E-state index contributed by atoms with van der Waals surface area (Å²) in [6.07, 6.45) is 5.62. The van der Waals surface area contributed by atoms with Gasteiger partial charge in [-0.3, -0.25) is 0 Å². The van der Waals surface area contributed by atoms with Crippen molar-refractivity contribution in [1.82, 2.24) is 0 Å². The third-order valence-electron chi connectivity index (χ3n) is 4.22. The number of methoxy groups -OCH3 is 1. The van der Waals surface area contributed by atoms with Crippen LogP contribution in [0.4, 0.5) is 0 Å². The van der Waals surface area contributed by atoms with Crippen molar-refractivity contribution < 1.29 is 9.16 Å². The molecule has 1 aliphatic carbocycles. The van der Waals surface area contributed by atoms with Crippen LogP contribution in [0.5, 0.6) is 0 Å². The lowest BCUT2D eigenvalue weighted by Crippen LogP contribution is -2.45. The molecule has 0 unspecified atom stereocenters. The van der Waals surface area contributed by atoms with Crippen LogP contribution < -0.4 is 0 Å². The summed E-state index contributed by atoms with van der Waals surface area (Å²) in [5, 5.41) is 0.325. The molecule has 0 spiro atoms. The Kier molecular flexibility index (Phi) is 4.61. The van der Waals surface area contributed by atoms with E-state index in [0.29, 0.717) is 17.2 Å². The largest absolute Gasteiger partial charge is 0.414 e. The molecule has 16 heavy (non-hydrogen) atoms. The Hall–Kier alpha value is 0.137. The van der Waals surface area contributed by atoms with E-state index in [0.717, 1.165) is 12.8 Å². The lowest BCUT2D eigenvalue weighted by Gasteiger charge is -2.41. The van der Waals surface area contributed by atoms with Gasteiger partial charge in [0.25, 0.3) is 0 Å². The highest BCUT2D eigenvalue weighted by atomic mass is 28.4. The van der Waals surface area contributed by atoms with Crippen LogP contribution in [0.2, 0.25) is 18.1 Å². The van der Waals surface area contributed by atoms with Crippen molar-refractivity contribution in [3.05, 3.63) is 0 Å². The van der Waals surface area contributed by atoms with E-state index in [-0.39, 0.29) is 0 Å². The highest BCUT2D eigenvalue weighted by Gasteiger charge is 2.39. The number of hydrogen-bond donors (Lipinski definition) is 0. The minimum Gasteiger partial charge on any atom is -0.414 e. The fourth-order valence-electron chi connectivity index (χ4n) is 1.98. The first kappa shape index (κ1) is 14.2. The molecule has 0 bridgehead atoms. The predicted molar refractivity (Wildman–Crippen MR) is 71.3 cm³/mol. The molecule has 2 nitrogen and oxygen atoms in total. The van der Waals surface area contributed by atoms with E-state index in [1.54, 1.807) is 0 Å². The molecule has 0 atom stereocenters. The lowest BCUT2D eigenvalue weighted by atomic mass is 9.95. The standard InChI is InChI=1S/C13H28O2Si/c1-13(2,3)16(5,6)15-12-9-7-11(14-4)8-10-12/h11-12H,7-10H2,1-6H3. The highest BCUT2D eigenvalue weighted by molar-refractivity contribution is 6.74. The molecule has 0 aromatic rings. The third-order valence-corrected chi connectivity index (χ3v) is 8.76. The first-order valence-electron chi connectivity index (χ1n) is 6.47. The Labute approximate surface area is 102 Å². The molecule has 0 aromatic carbocycles. The van der Waals surface area contributed by atoms with Crippen LogP contribution in [0, 0.1) is 0 Å². The molecule has 0 amide bonds. The molecule has 0 aliphatic heterocycles. The van der Waals surface area contributed by atoms with Gasteiger partial charge < -0.3 is 9.16 Å². The van der Waals surface area contributed by atoms with E-state index >= 15 is 0 Å². The van der Waals surface area contributed by atoms with Crippen molar-refractivity contribution >= 4 is 8.32 Å². The van der Waals surface area contributed by atoms with E-state index in [2.05, 4.69) is 33.9 Å². The summed E-state index contributed by atoms with van der Waals surface area (Å²) in [6, 6.07) is 0. The minimum absolute atomic E-state index is 0.325. The van der Waals surface area contributed by atoms with Gasteiger partial charge in [0, 0.05) is 13.2 Å². The number of rotatable bonds is 3. The van der Waals surface area contributed by atoms with E-state index in [1.807, 2.05) is 7.11 Å². The Morgan fingerprint density at radius 2 is 1.38 bits per heavy atom. The zero-order chi connectivity index (χ0) is 12.4. The summed E-state index contributed by atoms with van der Waals surface area (Å²) >= 11 is 0. The van der Waals surface area contributed by atoms with Crippen molar-refractivity contribution in [3.8, 4) is 0 Å². The zero-order valence-corrected chi connectivity index (χ0v) is 12.8. The van der Waals surface area contributed by atoms with E-state index in [9.17, 15) is 0 Å². The Balaban J connectivity index is 2.45. The smallest absolute Gasteiger partial charge is 0.192 e. The molecule has 0 radical (unpaired) electrons. The van der Waals surface area contributed by atoms with Crippen molar-refractivity contribution in [2.45, 2.75) is 76.8 Å². The van der Waals surface area contributed by atoms with Gasteiger partial charge in [0.1, 0.15) is 0 Å². The summed E-state index contributed by atoms with van der Waals surface area (Å²) in [7, 11) is 0.254. The summed E-state index contributed by atoms with van der Waals surface area (Å²) in [4.78, 5) is 0. The van der Waals surface area contributed by atoms with Gasteiger partial charge in [-0.15, -0.1) is 0 Å². The van der Waals surface area contributed by atoms with E-state index in [1.165, 1.54) is 12.8 Å². The number of hydrogen-bond acceptors (Lipinski definition) is 2. The van der Waals surface area contributed by atoms with Crippen LogP contribution in [0.15, 0.2) is 0 Å². The summed E-state index contributed by atoms with van der Waals surface area (Å²) in [6.45, 7) is 11.6. The van der Waals surface area contributed by atoms with Crippen molar-refractivity contribution in [3.63, 3.8) is 0 Å². The molecule has 0 N–H and O–H groups in total. The molecule has 3 heteroatoms. The van der Waals surface area contributed by atoms with Gasteiger partial charge in [-0.05, 0) is 43.8 Å². The molecule has 1 saturated carbocycles. The Morgan fingerprint density at radius 1 is 0.938 bits per heavy atom. The maximum atomic E-state index is 6.42. The first-order chi connectivity index (χ1) is 7.26. The molecule has 0 heterocycles. The summed E-state index contributed by atoms with van der Waals surface area (Å²) in [5.41, 5.74) is 0. The van der Waals surface area contributed by atoms with E-state index < -0.39 is 8.32 Å². The van der Waals surface area contributed by atoms with Gasteiger partial charge in [0.2, 0.25) is 0 Å². The average molecular weight is 244 g/mol. The number of ether oxygens (including phenoxy) is 1. The van der Waals surface area contributed by atoms with Gasteiger partial charge in [0.15, 0.2) is 8.32 Å². The second-order valence-corrected chi connectivity index (χ2v) is 11.3. The highest BCUT2D eigenvalue weighted by Crippen LogP contribution is 2.39. The maximum absolute atomic E-state index is 6.42. The first-order valence-corrected chi connectivity index (χ1v) is 9.38. The molecular formula is C13H28O2Si. The van der Waals surface area contributed by atoms with Crippen LogP contribution in [-0.2, 0) is 9.16 Å². The molecule has 0 aromatic heterocycles. The van der Waals surface area contributed by atoms with Crippen LogP contribution in [-0.4, -0.2) is 27.6 Å². The van der Waals surface area contributed by atoms with E-state index in [4.69, 9.17) is 9.16 Å². The SMILES string of the molecule is COC1CCC(O[Si](C)(C)C(C)(C)C)CC1. The van der Waals surface area contributed by atoms with Crippen molar-refractivity contribution in [2.24, 2.45) is 0 Å². The molecule has 1 aliphatic rings. The molecule has 96 valence electrons. The Bertz CT molecular complexity index is 212. The normalized spacial score (nSPS) is 28.1. The van der Waals surface area contributed by atoms with Crippen LogP contribution in [0.25, 0.3) is 0 Å². The van der Waals surface area contributed by atoms with Gasteiger partial charge in [-0.25, -0.2) is 0 Å². The quantitative estimate of drug-likeness (QED) is 0.700. The van der Waals surface area contributed by atoms with Crippen molar-refractivity contribution in [1.29, 1.82) is 0 Å². The second-order valence-electron chi connectivity index (χ2n) is 6.51. The summed E-state index contributed by atoms with van der Waals surface area (Å²) in [5.74, 6) is 0. The topological polar surface area (TPSA) is 18.5 Å². The van der Waals surface area contributed by atoms with Crippen molar-refractivity contribution in [2.75, 3.05) is 7.11 Å². The fraction of sp³-hybridized carbons (Fsp3) is 1.00. The molecule has 1 fully saturated rings. The van der Waals surface area contributed by atoms with Gasteiger partial charge in [-0.2, -0.15) is 0 Å². The fourth-order valence-corrected chi connectivity index (χ4v) is 3.40. The monoisotopic (exact) mass is 244 g/mol. The second kappa shape index (κ2) is 5.19. The van der Waals surface area contributed by atoms with Crippen LogP contribution in [0.3, 0.4) is 0 Å². The maximum Gasteiger partial charge on any atom is 0.192 e. The van der Waals surface area contributed by atoms with Crippen LogP contribution >= 0.6 is 0 Å². The Morgan fingerprint density at radius 3 is 1.75 bits per heavy atom. The molecular weight excluding hydrogens is 216 g/mol. The van der Waals surface area contributed by atoms with Gasteiger partial charge >= 0.3 is 0 Å². The molecule has 0 saturated heterocycles. The van der Waals surface area contributed by atoms with Gasteiger partial charge in [0.05, 0.1) is 6.10 Å². The predicted octanol–water partition coefficient (Wildman–Crippen LogP) is 3.97. The average Bonchev–Trinajstić information content (AvgIpc) is 2.16.